The Balaban J connectivity index is 0. The van der Waals surface area contributed by atoms with E-state index in [1.165, 1.54) is 6.42 Å². The average molecular weight is 163 g/mol. The van der Waals surface area contributed by atoms with Gasteiger partial charge in [0, 0.05) is 0 Å². The molecule has 0 aliphatic carbocycles. The Morgan fingerprint density at radius 2 is 1.36 bits per heavy atom. The fourth-order valence-corrected chi connectivity index (χ4v) is 0.746. The summed E-state index contributed by atoms with van der Waals surface area (Å²) in [5.41, 5.74) is 10.6. The van der Waals surface area contributed by atoms with Crippen molar-refractivity contribution in [3.63, 3.8) is 0 Å². The molecule has 4 nitrogen and oxygen atoms in total. The summed E-state index contributed by atoms with van der Waals surface area (Å²) in [6.45, 7) is 3.71. The molecule has 0 aromatic heterocycles. The highest BCUT2D eigenvalue weighted by Gasteiger charge is 1.85. The highest BCUT2D eigenvalue weighted by Crippen LogP contribution is 1.81. The van der Waals surface area contributed by atoms with Crippen LogP contribution in [0.4, 0.5) is 0 Å². The van der Waals surface area contributed by atoms with E-state index in [-0.39, 0.29) is 5.48 Å². The Kier molecular flexibility index (Phi) is 15.3. The Hall–Kier alpha value is -0.160. The highest BCUT2D eigenvalue weighted by atomic mass is 16.0. The molecule has 7 N–H and O–H groups in total. The zero-order valence-electron chi connectivity index (χ0n) is 7.10. The zero-order chi connectivity index (χ0) is 7.66. The van der Waals surface area contributed by atoms with Crippen molar-refractivity contribution in [2.75, 3.05) is 26.2 Å². The molecule has 0 unspecified atom stereocenters. The fraction of sp³-hybridized carbons (Fsp3) is 1.00. The molecule has 0 saturated carbocycles. The largest absolute Gasteiger partial charge is 0.412 e. The molecule has 4 heteroatoms. The number of hydrogen-bond donors (Lipinski definition) is 3. The van der Waals surface area contributed by atoms with Gasteiger partial charge < -0.3 is 22.3 Å². The van der Waals surface area contributed by atoms with Gasteiger partial charge in [-0.2, -0.15) is 0 Å². The van der Waals surface area contributed by atoms with E-state index in [4.69, 9.17) is 11.5 Å². The zero-order valence-corrected chi connectivity index (χ0v) is 7.10. The van der Waals surface area contributed by atoms with Crippen LogP contribution < -0.4 is 16.8 Å². The minimum Gasteiger partial charge on any atom is -0.412 e. The molecule has 0 spiro atoms. The lowest BCUT2D eigenvalue weighted by Gasteiger charge is -2.01. The van der Waals surface area contributed by atoms with Crippen molar-refractivity contribution in [1.29, 1.82) is 0 Å². The number of nitrogens with two attached hydrogens (primary N) is 2. The molecule has 0 bridgehead atoms. The molecule has 0 aromatic rings. The minimum absolute atomic E-state index is 0. The van der Waals surface area contributed by atoms with E-state index >= 15 is 0 Å². The van der Waals surface area contributed by atoms with Crippen LogP contribution in [-0.2, 0) is 0 Å². The van der Waals surface area contributed by atoms with E-state index in [9.17, 15) is 0 Å². The van der Waals surface area contributed by atoms with Crippen LogP contribution in [0.5, 0.6) is 0 Å². The van der Waals surface area contributed by atoms with Gasteiger partial charge in [-0.25, -0.2) is 0 Å². The van der Waals surface area contributed by atoms with Crippen molar-refractivity contribution in [3.8, 4) is 0 Å². The molecule has 0 aliphatic heterocycles. The normalized spacial score (nSPS) is 9.27. The topological polar surface area (TPSA) is 95.6 Å². The Morgan fingerprint density at radius 1 is 0.818 bits per heavy atom. The second kappa shape index (κ2) is 12.5. The average Bonchev–Trinajstić information content (AvgIpc) is 1.97. The van der Waals surface area contributed by atoms with Crippen LogP contribution in [0.25, 0.3) is 0 Å². The molecule has 0 saturated heterocycles. The van der Waals surface area contributed by atoms with E-state index in [0.717, 1.165) is 39.0 Å². The van der Waals surface area contributed by atoms with Crippen LogP contribution in [0, 0.1) is 0 Å². The van der Waals surface area contributed by atoms with Gasteiger partial charge in [0.1, 0.15) is 0 Å². The molecule has 0 fully saturated rings. The van der Waals surface area contributed by atoms with E-state index in [2.05, 4.69) is 5.32 Å². The lowest BCUT2D eigenvalue weighted by Crippen LogP contribution is -2.19. The second-order valence-electron chi connectivity index (χ2n) is 2.39. The van der Waals surface area contributed by atoms with Crippen LogP contribution >= 0.6 is 0 Å². The molecule has 0 aliphatic rings. The van der Waals surface area contributed by atoms with E-state index < -0.39 is 0 Å². The van der Waals surface area contributed by atoms with E-state index in [1.807, 2.05) is 0 Å². The highest BCUT2D eigenvalue weighted by molar-refractivity contribution is 4.49. The van der Waals surface area contributed by atoms with Crippen molar-refractivity contribution in [2.45, 2.75) is 19.3 Å². The van der Waals surface area contributed by atoms with Gasteiger partial charge in [0.25, 0.3) is 0 Å². The lowest BCUT2D eigenvalue weighted by atomic mass is 10.3. The molecular weight excluding hydrogens is 142 g/mol. The molecule has 70 valence electrons. The first-order valence-corrected chi connectivity index (χ1v) is 4.02. The Bertz CT molecular complexity index is 53.6. The van der Waals surface area contributed by atoms with E-state index in [0.29, 0.717) is 0 Å². The van der Waals surface area contributed by atoms with Crippen molar-refractivity contribution in [2.24, 2.45) is 11.5 Å². The number of unbranched alkanes of at least 4 members (excludes halogenated alkanes) is 1. The maximum Gasteiger partial charge on any atom is -0.00369 e. The van der Waals surface area contributed by atoms with Gasteiger partial charge in [0.15, 0.2) is 0 Å². The van der Waals surface area contributed by atoms with Gasteiger partial charge in [-0.15, -0.1) is 0 Å². The standard InChI is InChI=1S/C7H19N3.H2O/c8-4-1-2-6-10-7-3-5-9;/h10H,1-9H2;1H2. The van der Waals surface area contributed by atoms with Crippen LogP contribution in [-0.4, -0.2) is 31.7 Å². The maximum absolute atomic E-state index is 5.32. The van der Waals surface area contributed by atoms with Crippen molar-refractivity contribution < 1.29 is 5.48 Å². The van der Waals surface area contributed by atoms with Gasteiger partial charge in [-0.1, -0.05) is 0 Å². The van der Waals surface area contributed by atoms with Crippen molar-refractivity contribution >= 4 is 0 Å². The predicted octanol–water partition coefficient (Wildman–Crippen LogP) is -1.16. The third kappa shape index (κ3) is 12.9. The molecule has 0 rings (SSSR count). The van der Waals surface area contributed by atoms with Crippen molar-refractivity contribution in [3.05, 3.63) is 0 Å². The smallest absolute Gasteiger partial charge is 0.00369 e. The van der Waals surface area contributed by atoms with Gasteiger partial charge in [0.2, 0.25) is 0 Å². The quantitative estimate of drug-likeness (QED) is 0.413. The maximum atomic E-state index is 5.32. The first kappa shape index (κ1) is 13.4. The van der Waals surface area contributed by atoms with Gasteiger partial charge >= 0.3 is 0 Å². The summed E-state index contributed by atoms with van der Waals surface area (Å²) in [4.78, 5) is 0. The van der Waals surface area contributed by atoms with Gasteiger partial charge in [-0.05, 0) is 45.4 Å². The van der Waals surface area contributed by atoms with Gasteiger partial charge in [-0.3, -0.25) is 0 Å². The molecule has 0 amide bonds. The molecule has 0 aromatic carbocycles. The number of rotatable bonds is 7. The summed E-state index contributed by atoms with van der Waals surface area (Å²) < 4.78 is 0. The lowest BCUT2D eigenvalue weighted by molar-refractivity contribution is 0.611. The number of nitrogens with one attached hydrogen (secondary N) is 1. The molecule has 0 atom stereocenters. The molecule has 11 heavy (non-hydrogen) atoms. The molecule has 0 radical (unpaired) electrons. The summed E-state index contributed by atoms with van der Waals surface area (Å²) in [7, 11) is 0. The van der Waals surface area contributed by atoms with E-state index in [1.54, 1.807) is 0 Å². The fourth-order valence-electron chi connectivity index (χ4n) is 0.746. The Labute approximate surface area is 68.6 Å². The van der Waals surface area contributed by atoms with Crippen LogP contribution in [0.2, 0.25) is 0 Å². The van der Waals surface area contributed by atoms with Crippen LogP contribution in [0.1, 0.15) is 19.3 Å². The third-order valence-electron chi connectivity index (χ3n) is 1.37. The molecular formula is C7H21N3O. The van der Waals surface area contributed by atoms with Crippen LogP contribution in [0.3, 0.4) is 0 Å². The summed E-state index contributed by atoms with van der Waals surface area (Å²) in [6.07, 6.45) is 3.37. The minimum atomic E-state index is 0. The third-order valence-corrected chi connectivity index (χ3v) is 1.37. The van der Waals surface area contributed by atoms with Crippen LogP contribution in [0.15, 0.2) is 0 Å². The number of hydrogen-bond acceptors (Lipinski definition) is 3. The van der Waals surface area contributed by atoms with Crippen molar-refractivity contribution in [1.82, 2.24) is 5.32 Å². The Morgan fingerprint density at radius 3 is 1.91 bits per heavy atom. The summed E-state index contributed by atoms with van der Waals surface area (Å²) >= 11 is 0. The predicted molar refractivity (Wildman–Crippen MR) is 48.4 cm³/mol. The first-order chi connectivity index (χ1) is 4.91. The monoisotopic (exact) mass is 163 g/mol. The summed E-state index contributed by atoms with van der Waals surface area (Å²) in [5.74, 6) is 0. The second-order valence-corrected chi connectivity index (χ2v) is 2.39. The summed E-state index contributed by atoms with van der Waals surface area (Å²) in [5, 5.41) is 3.29. The van der Waals surface area contributed by atoms with Gasteiger partial charge in [0.05, 0.1) is 0 Å². The summed E-state index contributed by atoms with van der Waals surface area (Å²) in [6, 6.07) is 0. The SMILES string of the molecule is NCCCCNCCCN.O. The molecule has 0 heterocycles. The first-order valence-electron chi connectivity index (χ1n) is 4.02.